The van der Waals surface area contributed by atoms with Gasteiger partial charge in [-0.1, -0.05) is 19.9 Å². The van der Waals surface area contributed by atoms with E-state index in [1.165, 1.54) is 0 Å². The number of aromatic nitrogens is 1. The molecule has 1 aliphatic carbocycles. The summed E-state index contributed by atoms with van der Waals surface area (Å²) in [6, 6.07) is 7.16. The number of allylic oxidation sites excluding steroid dienone is 2. The highest BCUT2D eigenvalue weighted by molar-refractivity contribution is 6.01. The third-order valence-electron chi connectivity index (χ3n) is 7.86. The largest absolute Gasteiger partial charge is 0.496 e. The molecule has 8 nitrogen and oxygen atoms in total. The summed E-state index contributed by atoms with van der Waals surface area (Å²) in [5, 5.41) is 9.64. The maximum Gasteiger partial charge on any atom is 0.354 e. The number of Topliss-reactive ketones (excluding diaryl/α,β-unsaturated/α-hetero) is 1. The number of carbonyl (C=O) groups is 3. The van der Waals surface area contributed by atoms with E-state index in [2.05, 4.69) is 4.98 Å². The first kappa shape index (κ1) is 25.7. The Labute approximate surface area is 222 Å². The van der Waals surface area contributed by atoms with Crippen LogP contribution in [0.5, 0.6) is 5.75 Å². The summed E-state index contributed by atoms with van der Waals surface area (Å²) in [6.07, 6.45) is 2.85. The van der Waals surface area contributed by atoms with Crippen LogP contribution in [-0.4, -0.2) is 53.4 Å². The van der Waals surface area contributed by atoms with Gasteiger partial charge in [0.1, 0.15) is 23.2 Å². The van der Waals surface area contributed by atoms with Gasteiger partial charge in [-0.3, -0.25) is 9.59 Å². The summed E-state index contributed by atoms with van der Waals surface area (Å²) >= 11 is 0. The Balaban J connectivity index is 1.78. The Bertz CT molecular complexity index is 1450. The molecule has 0 saturated carbocycles. The zero-order chi connectivity index (χ0) is 27.5. The first-order valence-corrected chi connectivity index (χ1v) is 12.7. The molecule has 2 aliphatic heterocycles. The van der Waals surface area contributed by atoms with E-state index in [1.54, 1.807) is 44.2 Å². The van der Waals surface area contributed by atoms with E-state index >= 15 is 0 Å². The fraction of sp³-hybridized carbons (Fsp3) is 0.400. The normalized spacial score (nSPS) is 22.4. The van der Waals surface area contributed by atoms with Crippen molar-refractivity contribution in [1.82, 2.24) is 9.88 Å². The van der Waals surface area contributed by atoms with Crippen molar-refractivity contribution in [2.24, 2.45) is 11.3 Å². The van der Waals surface area contributed by atoms with Crippen molar-refractivity contribution >= 4 is 17.7 Å². The van der Waals surface area contributed by atoms with Crippen molar-refractivity contribution in [2.75, 3.05) is 20.7 Å². The number of ether oxygens (including phenoxy) is 2. The highest BCUT2D eigenvalue weighted by Gasteiger charge is 2.51. The number of likely N-dealkylation sites (N-methyl/N-ethyl adjacent to an activating group) is 1. The number of fused-ring (bicyclic) bond motifs is 1. The number of benzene rings is 1. The van der Waals surface area contributed by atoms with E-state index in [9.17, 15) is 19.5 Å². The minimum Gasteiger partial charge on any atom is -0.496 e. The monoisotopic (exact) mass is 516 g/mol. The number of methoxy groups -OCH3 is 1. The molecule has 3 aliphatic rings. The molecule has 1 unspecified atom stereocenters. The second kappa shape index (κ2) is 9.11. The number of hydrogen-bond acceptors (Lipinski definition) is 6. The molecule has 1 aromatic carbocycles. The molecule has 0 spiro atoms. The van der Waals surface area contributed by atoms with Crippen LogP contribution in [0.4, 0.5) is 0 Å². The summed E-state index contributed by atoms with van der Waals surface area (Å²) in [4.78, 5) is 45.2. The Hall–Kier alpha value is -3.94. The number of carboxylic acid groups (broad SMARTS) is 1. The minimum atomic E-state index is -1.10. The number of carbonyl (C=O) groups excluding carboxylic acids is 2. The quantitative estimate of drug-likeness (QED) is 0.622. The number of nitrogens with zero attached hydrogens (tertiary/aromatic N) is 2. The van der Waals surface area contributed by atoms with Gasteiger partial charge in [-0.2, -0.15) is 0 Å². The molecule has 0 radical (unpaired) electrons. The smallest absolute Gasteiger partial charge is 0.354 e. The summed E-state index contributed by atoms with van der Waals surface area (Å²) < 4.78 is 12.1. The van der Waals surface area contributed by atoms with Crippen LogP contribution in [0, 0.1) is 25.2 Å². The Kier molecular flexibility index (Phi) is 6.16. The van der Waals surface area contributed by atoms with Gasteiger partial charge in [0.25, 0.3) is 0 Å². The van der Waals surface area contributed by atoms with Gasteiger partial charge in [-0.05, 0) is 54.7 Å². The molecule has 1 N–H and O–H groups in total. The number of hydrogen-bond donors (Lipinski definition) is 1. The molecule has 0 fully saturated rings. The fourth-order valence-electron chi connectivity index (χ4n) is 5.99. The minimum absolute atomic E-state index is 0.0191. The molecule has 2 aromatic rings. The lowest BCUT2D eigenvalue weighted by Gasteiger charge is -2.44. The number of carboxylic acids is 1. The number of pyridine rings is 1. The summed E-state index contributed by atoms with van der Waals surface area (Å²) in [7, 11) is 3.31. The van der Waals surface area contributed by atoms with Crippen LogP contribution in [0.25, 0.3) is 11.3 Å². The Morgan fingerprint density at radius 2 is 1.87 bits per heavy atom. The SMILES string of the molecule is COc1ccc(-c2ccc(C)c(C(=O)O)n2)c(C)c1[C@H]1C2=C(CC(C)(C)CC2=O)OC2=CCN(C)C(=O)C21. The van der Waals surface area contributed by atoms with Crippen LogP contribution in [0.1, 0.15) is 59.8 Å². The summed E-state index contributed by atoms with van der Waals surface area (Å²) in [6.45, 7) is 8.13. The average Bonchev–Trinajstić information content (AvgIpc) is 2.84. The first-order valence-electron chi connectivity index (χ1n) is 12.7. The van der Waals surface area contributed by atoms with Crippen molar-refractivity contribution in [3.05, 3.63) is 69.8 Å². The van der Waals surface area contributed by atoms with Gasteiger partial charge in [-0.15, -0.1) is 0 Å². The topological polar surface area (TPSA) is 106 Å². The van der Waals surface area contributed by atoms with Crippen LogP contribution < -0.4 is 4.74 Å². The zero-order valence-corrected chi connectivity index (χ0v) is 22.5. The second-order valence-electron chi connectivity index (χ2n) is 11.2. The van der Waals surface area contributed by atoms with E-state index in [1.807, 2.05) is 32.9 Å². The van der Waals surface area contributed by atoms with Gasteiger partial charge < -0.3 is 19.5 Å². The Morgan fingerprint density at radius 3 is 2.55 bits per heavy atom. The van der Waals surface area contributed by atoms with Crippen LogP contribution >= 0.6 is 0 Å². The van der Waals surface area contributed by atoms with E-state index in [4.69, 9.17) is 9.47 Å². The van der Waals surface area contributed by atoms with Crippen molar-refractivity contribution in [1.29, 1.82) is 0 Å². The molecular weight excluding hydrogens is 484 g/mol. The first-order chi connectivity index (χ1) is 17.9. The third kappa shape index (κ3) is 4.08. The third-order valence-corrected chi connectivity index (χ3v) is 7.86. The van der Waals surface area contributed by atoms with E-state index in [-0.39, 0.29) is 22.8 Å². The number of amides is 1. The number of aromatic carboxylic acids is 1. The zero-order valence-electron chi connectivity index (χ0n) is 22.5. The van der Waals surface area contributed by atoms with Gasteiger partial charge in [0.2, 0.25) is 5.91 Å². The number of rotatable bonds is 4. The van der Waals surface area contributed by atoms with E-state index < -0.39 is 17.8 Å². The molecule has 2 atom stereocenters. The molecule has 0 saturated heterocycles. The van der Waals surface area contributed by atoms with Crippen LogP contribution in [0.2, 0.25) is 0 Å². The van der Waals surface area contributed by atoms with Crippen LogP contribution in [-0.2, 0) is 14.3 Å². The van der Waals surface area contributed by atoms with Crippen molar-refractivity contribution in [3.63, 3.8) is 0 Å². The van der Waals surface area contributed by atoms with Crippen molar-refractivity contribution in [2.45, 2.75) is 46.5 Å². The molecule has 3 heterocycles. The van der Waals surface area contributed by atoms with E-state index in [0.717, 1.165) is 5.56 Å². The van der Waals surface area contributed by atoms with Crippen LogP contribution in [0.3, 0.4) is 0 Å². The van der Waals surface area contributed by atoms with Gasteiger partial charge >= 0.3 is 5.97 Å². The Morgan fingerprint density at radius 1 is 1.13 bits per heavy atom. The molecule has 198 valence electrons. The number of ketones is 1. The summed E-state index contributed by atoms with van der Waals surface area (Å²) in [5.41, 5.74) is 3.50. The molecule has 1 amide bonds. The lowest BCUT2D eigenvalue weighted by molar-refractivity contribution is -0.136. The predicted molar refractivity (Wildman–Crippen MR) is 141 cm³/mol. The van der Waals surface area contributed by atoms with Gasteiger partial charge in [0.15, 0.2) is 11.5 Å². The molecule has 5 rings (SSSR count). The van der Waals surface area contributed by atoms with Crippen molar-refractivity contribution < 1.29 is 29.0 Å². The highest BCUT2D eigenvalue weighted by Crippen LogP contribution is 2.54. The molecule has 8 heteroatoms. The molecule has 0 bridgehead atoms. The lowest BCUT2D eigenvalue weighted by atomic mass is 9.66. The second-order valence-corrected chi connectivity index (χ2v) is 11.2. The summed E-state index contributed by atoms with van der Waals surface area (Å²) in [5.74, 6) is -0.839. The van der Waals surface area contributed by atoms with Crippen molar-refractivity contribution in [3.8, 4) is 17.0 Å². The lowest BCUT2D eigenvalue weighted by Crippen LogP contribution is -2.46. The van der Waals surface area contributed by atoms with Gasteiger partial charge in [0, 0.05) is 49.1 Å². The van der Waals surface area contributed by atoms with E-state index in [0.29, 0.717) is 64.6 Å². The van der Waals surface area contributed by atoms with Crippen LogP contribution in [0.15, 0.2) is 47.4 Å². The average molecular weight is 517 g/mol. The highest BCUT2D eigenvalue weighted by atomic mass is 16.5. The maximum absolute atomic E-state index is 13.7. The molecular formula is C30H32N2O6. The maximum atomic E-state index is 13.7. The van der Waals surface area contributed by atoms with Gasteiger partial charge in [-0.25, -0.2) is 9.78 Å². The fourth-order valence-corrected chi connectivity index (χ4v) is 5.99. The standard InChI is InChI=1S/C30H32N2O6/c1-15-7-9-18(31-27(15)29(35)36)17-8-10-20(37-6)23(16(17)2)26-24-19(33)13-30(3,4)14-22(24)38-21-11-12-32(5)28(34)25(21)26/h7-11,25-26H,12-14H2,1-6H3,(H,35,36)/t25?,26-/m0/s1. The molecule has 38 heavy (non-hydrogen) atoms. The van der Waals surface area contributed by atoms with Gasteiger partial charge in [0.05, 0.1) is 12.8 Å². The predicted octanol–water partition coefficient (Wildman–Crippen LogP) is 4.80. The molecule has 1 aromatic heterocycles. The number of aryl methyl sites for hydroxylation is 1.